The van der Waals surface area contributed by atoms with Gasteiger partial charge in [-0.05, 0) is 24.6 Å². The van der Waals surface area contributed by atoms with E-state index in [4.69, 9.17) is 10.6 Å². The zero-order valence-electron chi connectivity index (χ0n) is 9.96. The monoisotopic (exact) mass is 240 g/mol. The van der Waals surface area contributed by atoms with E-state index in [1.807, 2.05) is 6.92 Å². The number of anilines is 1. The van der Waals surface area contributed by atoms with Crippen molar-refractivity contribution in [1.29, 1.82) is 0 Å². The molecule has 0 aliphatic rings. The van der Waals surface area contributed by atoms with Gasteiger partial charge in [-0.25, -0.2) is 15.2 Å². The molecule has 6 heteroatoms. The van der Waals surface area contributed by atoms with Gasteiger partial charge in [-0.2, -0.15) is 0 Å². The summed E-state index contributed by atoms with van der Waals surface area (Å²) in [5.74, 6) is 5.37. The van der Waals surface area contributed by atoms with Crippen LogP contribution in [-0.4, -0.2) is 26.2 Å². The normalized spacial score (nSPS) is 11.4. The van der Waals surface area contributed by atoms with Crippen molar-refractivity contribution < 1.29 is 9.13 Å². The second kappa shape index (κ2) is 6.82. The zero-order valence-corrected chi connectivity index (χ0v) is 9.96. The Bertz CT molecular complexity index is 395. The van der Waals surface area contributed by atoms with Crippen LogP contribution in [0.15, 0.2) is 23.2 Å². The number of rotatable bonds is 4. The van der Waals surface area contributed by atoms with Crippen LogP contribution >= 0.6 is 0 Å². The molecule has 17 heavy (non-hydrogen) atoms. The second-order valence-corrected chi connectivity index (χ2v) is 3.45. The van der Waals surface area contributed by atoms with Crippen molar-refractivity contribution in [3.8, 4) is 0 Å². The molecule has 1 aromatic carbocycles. The molecule has 4 N–H and O–H groups in total. The molecule has 0 aromatic heterocycles. The minimum absolute atomic E-state index is 0.314. The number of ether oxygens (including phenoxy) is 1. The first-order chi connectivity index (χ1) is 8.17. The van der Waals surface area contributed by atoms with E-state index in [2.05, 4.69) is 15.7 Å². The number of nitrogens with zero attached hydrogens (tertiary/aromatic N) is 1. The largest absolute Gasteiger partial charge is 0.383 e. The maximum absolute atomic E-state index is 13.1. The highest BCUT2D eigenvalue weighted by Gasteiger charge is 2.02. The molecule has 0 atom stereocenters. The summed E-state index contributed by atoms with van der Waals surface area (Å²) in [5.41, 5.74) is 3.94. The number of nitrogens with one attached hydrogen (secondary N) is 2. The fourth-order valence-corrected chi connectivity index (χ4v) is 1.23. The van der Waals surface area contributed by atoms with Crippen molar-refractivity contribution >= 4 is 11.6 Å². The number of aryl methyl sites for hydroxylation is 1. The number of benzene rings is 1. The van der Waals surface area contributed by atoms with Gasteiger partial charge in [0.15, 0.2) is 0 Å². The highest BCUT2D eigenvalue weighted by atomic mass is 19.1. The molecule has 0 spiro atoms. The van der Waals surface area contributed by atoms with Gasteiger partial charge < -0.3 is 10.1 Å². The molecule has 1 rings (SSSR count). The number of guanidine groups is 1. The van der Waals surface area contributed by atoms with E-state index in [0.717, 1.165) is 5.56 Å². The number of halogens is 1. The molecule has 0 fully saturated rings. The molecule has 0 aliphatic heterocycles. The number of methoxy groups -OCH3 is 1. The lowest BCUT2D eigenvalue weighted by molar-refractivity contribution is 0.208. The van der Waals surface area contributed by atoms with Gasteiger partial charge in [0.05, 0.1) is 13.2 Å². The summed E-state index contributed by atoms with van der Waals surface area (Å²) in [5, 5.41) is 2.92. The Morgan fingerprint density at radius 1 is 1.53 bits per heavy atom. The average Bonchev–Trinajstić information content (AvgIpc) is 2.32. The summed E-state index contributed by atoms with van der Waals surface area (Å²) in [6, 6.07) is 4.47. The summed E-state index contributed by atoms with van der Waals surface area (Å²) in [4.78, 5) is 4.12. The van der Waals surface area contributed by atoms with Crippen molar-refractivity contribution in [2.24, 2.45) is 10.8 Å². The van der Waals surface area contributed by atoms with Crippen LogP contribution in [0.1, 0.15) is 5.56 Å². The molecule has 94 valence electrons. The molecule has 0 unspecified atom stereocenters. The number of hydrazine groups is 1. The fraction of sp³-hybridized carbons (Fsp3) is 0.364. The predicted molar refractivity (Wildman–Crippen MR) is 66.3 cm³/mol. The van der Waals surface area contributed by atoms with Crippen LogP contribution in [0, 0.1) is 12.7 Å². The van der Waals surface area contributed by atoms with Crippen molar-refractivity contribution in [2.45, 2.75) is 6.92 Å². The quantitative estimate of drug-likeness (QED) is 0.241. The minimum atomic E-state index is -0.314. The third kappa shape index (κ3) is 4.38. The lowest BCUT2D eigenvalue weighted by Crippen LogP contribution is -2.36. The van der Waals surface area contributed by atoms with Crippen LogP contribution in [0.3, 0.4) is 0 Å². The van der Waals surface area contributed by atoms with Gasteiger partial charge >= 0.3 is 0 Å². The van der Waals surface area contributed by atoms with Gasteiger partial charge in [0, 0.05) is 12.8 Å². The molecule has 0 bridgehead atoms. The SMILES string of the molecule is COCCN=C(NN)Nc1cc(F)ccc1C. The van der Waals surface area contributed by atoms with Crippen LogP contribution in [0.25, 0.3) is 0 Å². The molecular weight excluding hydrogens is 223 g/mol. The van der Waals surface area contributed by atoms with E-state index in [1.165, 1.54) is 12.1 Å². The Morgan fingerprint density at radius 3 is 2.94 bits per heavy atom. The average molecular weight is 240 g/mol. The Labute approximate surface area is 99.8 Å². The molecule has 0 amide bonds. The van der Waals surface area contributed by atoms with E-state index >= 15 is 0 Å². The highest BCUT2D eigenvalue weighted by molar-refractivity contribution is 5.93. The molecule has 5 nitrogen and oxygen atoms in total. The van der Waals surface area contributed by atoms with Crippen LogP contribution in [0.2, 0.25) is 0 Å². The summed E-state index contributed by atoms with van der Waals surface area (Å²) >= 11 is 0. The van der Waals surface area contributed by atoms with Crippen LogP contribution < -0.4 is 16.6 Å². The first-order valence-corrected chi connectivity index (χ1v) is 5.20. The zero-order chi connectivity index (χ0) is 12.7. The standard InChI is InChI=1S/C11H17FN4O/c1-8-3-4-9(12)7-10(8)15-11(16-13)14-5-6-17-2/h3-4,7H,5-6,13H2,1-2H3,(H2,14,15,16). The summed E-state index contributed by atoms with van der Waals surface area (Å²) in [7, 11) is 1.59. The minimum Gasteiger partial charge on any atom is -0.383 e. The van der Waals surface area contributed by atoms with E-state index in [0.29, 0.717) is 24.8 Å². The van der Waals surface area contributed by atoms with E-state index in [-0.39, 0.29) is 5.82 Å². The smallest absolute Gasteiger partial charge is 0.210 e. The van der Waals surface area contributed by atoms with Crippen molar-refractivity contribution in [1.82, 2.24) is 5.43 Å². The van der Waals surface area contributed by atoms with Gasteiger partial charge in [0.1, 0.15) is 5.82 Å². The topological polar surface area (TPSA) is 71.7 Å². The Kier molecular flexibility index (Phi) is 5.38. The lowest BCUT2D eigenvalue weighted by Gasteiger charge is -2.11. The first-order valence-electron chi connectivity index (χ1n) is 5.20. The van der Waals surface area contributed by atoms with E-state index < -0.39 is 0 Å². The lowest BCUT2D eigenvalue weighted by atomic mass is 10.2. The maximum atomic E-state index is 13.1. The molecule has 0 saturated carbocycles. The van der Waals surface area contributed by atoms with Gasteiger partial charge in [-0.3, -0.25) is 5.43 Å². The Hall–Kier alpha value is -1.66. The molecule has 0 saturated heterocycles. The van der Waals surface area contributed by atoms with E-state index in [1.54, 1.807) is 13.2 Å². The van der Waals surface area contributed by atoms with Crippen LogP contribution in [-0.2, 0) is 4.74 Å². The van der Waals surface area contributed by atoms with Crippen LogP contribution in [0.4, 0.5) is 10.1 Å². The van der Waals surface area contributed by atoms with Gasteiger partial charge in [0.2, 0.25) is 5.96 Å². The van der Waals surface area contributed by atoms with Gasteiger partial charge in [-0.15, -0.1) is 0 Å². The number of hydrogen-bond acceptors (Lipinski definition) is 3. The van der Waals surface area contributed by atoms with E-state index in [9.17, 15) is 4.39 Å². The molecule has 0 aliphatic carbocycles. The third-order valence-electron chi connectivity index (χ3n) is 2.15. The Morgan fingerprint density at radius 2 is 2.29 bits per heavy atom. The first kappa shape index (κ1) is 13.4. The van der Waals surface area contributed by atoms with Crippen molar-refractivity contribution in [3.63, 3.8) is 0 Å². The van der Waals surface area contributed by atoms with Crippen molar-refractivity contribution in [3.05, 3.63) is 29.6 Å². The molecular formula is C11H17FN4O. The number of nitrogens with two attached hydrogens (primary N) is 1. The van der Waals surface area contributed by atoms with Crippen LogP contribution in [0.5, 0.6) is 0 Å². The summed E-state index contributed by atoms with van der Waals surface area (Å²) < 4.78 is 17.9. The number of aliphatic imine (C=N–C) groups is 1. The predicted octanol–water partition coefficient (Wildman–Crippen LogP) is 1.01. The third-order valence-corrected chi connectivity index (χ3v) is 2.15. The maximum Gasteiger partial charge on any atom is 0.210 e. The highest BCUT2D eigenvalue weighted by Crippen LogP contribution is 2.15. The number of hydrogen-bond donors (Lipinski definition) is 3. The van der Waals surface area contributed by atoms with Crippen molar-refractivity contribution in [2.75, 3.05) is 25.6 Å². The summed E-state index contributed by atoms with van der Waals surface area (Å²) in [6.07, 6.45) is 0. The fourth-order valence-electron chi connectivity index (χ4n) is 1.23. The summed E-state index contributed by atoms with van der Waals surface area (Å²) in [6.45, 7) is 2.83. The van der Waals surface area contributed by atoms with Gasteiger partial charge in [-0.1, -0.05) is 6.07 Å². The van der Waals surface area contributed by atoms with Gasteiger partial charge in [0.25, 0.3) is 0 Å². The Balaban J connectivity index is 2.73. The molecule has 1 aromatic rings. The second-order valence-electron chi connectivity index (χ2n) is 3.45. The molecule has 0 radical (unpaired) electrons. The molecule has 0 heterocycles.